The Kier molecular flexibility index (Phi) is 3.21. The van der Waals surface area contributed by atoms with Gasteiger partial charge in [-0.25, -0.2) is 4.98 Å². The molecule has 0 amide bonds. The first kappa shape index (κ1) is 14.1. The predicted molar refractivity (Wildman–Crippen MR) is 102 cm³/mol. The van der Waals surface area contributed by atoms with Crippen molar-refractivity contribution < 1.29 is 0 Å². The van der Waals surface area contributed by atoms with Crippen molar-refractivity contribution in [1.29, 1.82) is 0 Å². The number of aromatic amines is 2. The molecule has 3 heterocycles. The van der Waals surface area contributed by atoms with E-state index < -0.39 is 0 Å². The Balaban J connectivity index is 1.63. The van der Waals surface area contributed by atoms with Gasteiger partial charge in [0.05, 0.1) is 5.56 Å². The maximum atomic E-state index is 4.47. The zero-order valence-corrected chi connectivity index (χ0v) is 13.9. The van der Waals surface area contributed by atoms with Crippen molar-refractivity contribution in [1.82, 2.24) is 15.0 Å². The molecule has 0 aliphatic rings. The lowest BCUT2D eigenvalue weighted by Crippen LogP contribution is -1.73. The second kappa shape index (κ2) is 5.68. The van der Waals surface area contributed by atoms with Gasteiger partial charge in [-0.2, -0.15) is 0 Å². The van der Waals surface area contributed by atoms with Gasteiger partial charge in [-0.05, 0) is 18.2 Å². The molecule has 0 aliphatic carbocycles. The van der Waals surface area contributed by atoms with Crippen LogP contribution < -0.4 is 0 Å². The second-order valence-corrected chi connectivity index (χ2v) is 6.57. The van der Waals surface area contributed by atoms with E-state index in [1.165, 1.54) is 0 Å². The van der Waals surface area contributed by atoms with E-state index >= 15 is 0 Å². The molecule has 0 aliphatic heterocycles. The molecule has 0 atom stereocenters. The molecular weight excluding hydrogens is 330 g/mol. The molecule has 120 valence electrons. The third kappa shape index (κ3) is 2.43. The van der Waals surface area contributed by atoms with Crippen molar-refractivity contribution in [2.24, 2.45) is 10.2 Å². The summed E-state index contributed by atoms with van der Waals surface area (Å²) in [5.41, 5.74) is 3.07. The molecule has 5 nitrogen and oxygen atoms in total. The second-order valence-electron chi connectivity index (χ2n) is 5.67. The number of H-pyrrole nitrogens is 2. The van der Waals surface area contributed by atoms with E-state index in [4.69, 9.17) is 0 Å². The molecule has 0 radical (unpaired) electrons. The van der Waals surface area contributed by atoms with E-state index in [9.17, 15) is 0 Å². The van der Waals surface area contributed by atoms with Crippen molar-refractivity contribution in [2.75, 3.05) is 0 Å². The number of hydrogen-bond acceptors (Lipinski definition) is 4. The first-order valence-corrected chi connectivity index (χ1v) is 8.76. The van der Waals surface area contributed by atoms with E-state index in [2.05, 4.69) is 37.3 Å². The Labute approximate surface area is 147 Å². The van der Waals surface area contributed by atoms with Gasteiger partial charge in [-0.15, -0.1) is 21.6 Å². The standard InChI is InChI=1S/C19H13N5S/c1-3-7-14-12(5-1)11-16(21-14)23-24-18-17(19-20-9-10-25-19)13-6-2-4-8-15(13)22-18/h1-11,21-22H. The van der Waals surface area contributed by atoms with Crippen LogP contribution in [0.2, 0.25) is 0 Å². The fourth-order valence-electron chi connectivity index (χ4n) is 2.98. The van der Waals surface area contributed by atoms with Crippen LogP contribution in [0.5, 0.6) is 0 Å². The summed E-state index contributed by atoms with van der Waals surface area (Å²) < 4.78 is 0. The molecule has 0 bridgehead atoms. The summed E-state index contributed by atoms with van der Waals surface area (Å²) in [5.74, 6) is 1.44. The van der Waals surface area contributed by atoms with Crippen LogP contribution in [-0.2, 0) is 0 Å². The van der Waals surface area contributed by atoms with Gasteiger partial charge in [-0.1, -0.05) is 36.4 Å². The van der Waals surface area contributed by atoms with Crippen molar-refractivity contribution in [3.05, 3.63) is 66.2 Å². The number of rotatable bonds is 3. The Hall–Kier alpha value is -3.25. The largest absolute Gasteiger partial charge is 0.338 e. The minimum atomic E-state index is 0.717. The lowest BCUT2D eigenvalue weighted by atomic mass is 10.2. The summed E-state index contributed by atoms with van der Waals surface area (Å²) in [6, 6.07) is 18.2. The van der Waals surface area contributed by atoms with Crippen LogP contribution in [-0.4, -0.2) is 15.0 Å². The Morgan fingerprint density at radius 2 is 1.72 bits per heavy atom. The van der Waals surface area contributed by atoms with Crippen LogP contribution >= 0.6 is 11.3 Å². The molecule has 0 spiro atoms. The van der Waals surface area contributed by atoms with Crippen LogP contribution in [0, 0.1) is 0 Å². The third-order valence-electron chi connectivity index (χ3n) is 4.11. The van der Waals surface area contributed by atoms with Gasteiger partial charge in [0.1, 0.15) is 5.01 Å². The maximum Gasteiger partial charge on any atom is 0.164 e. The summed E-state index contributed by atoms with van der Waals surface area (Å²) in [7, 11) is 0. The summed E-state index contributed by atoms with van der Waals surface area (Å²) in [4.78, 5) is 11.1. The minimum Gasteiger partial charge on any atom is -0.338 e. The van der Waals surface area contributed by atoms with Gasteiger partial charge in [0.15, 0.2) is 11.6 Å². The van der Waals surface area contributed by atoms with E-state index in [1.54, 1.807) is 17.5 Å². The molecule has 2 N–H and O–H groups in total. The first-order valence-electron chi connectivity index (χ1n) is 7.88. The average molecular weight is 343 g/mol. The highest BCUT2D eigenvalue weighted by Gasteiger charge is 2.15. The fraction of sp³-hybridized carbons (Fsp3) is 0. The van der Waals surface area contributed by atoms with E-state index in [0.717, 1.165) is 44.0 Å². The normalized spacial score (nSPS) is 11.8. The Morgan fingerprint density at radius 3 is 2.56 bits per heavy atom. The molecule has 0 saturated carbocycles. The first-order chi connectivity index (χ1) is 12.4. The average Bonchev–Trinajstić information content (AvgIpc) is 3.36. The zero-order valence-electron chi connectivity index (χ0n) is 13.1. The quantitative estimate of drug-likeness (QED) is 0.377. The van der Waals surface area contributed by atoms with E-state index in [-0.39, 0.29) is 0 Å². The number of azo groups is 1. The highest BCUT2D eigenvalue weighted by atomic mass is 32.1. The number of nitrogens with zero attached hydrogens (tertiary/aromatic N) is 3. The molecule has 25 heavy (non-hydrogen) atoms. The third-order valence-corrected chi connectivity index (χ3v) is 4.90. The van der Waals surface area contributed by atoms with Crippen LogP contribution in [0.15, 0.2) is 76.4 Å². The molecule has 6 heteroatoms. The van der Waals surface area contributed by atoms with Crippen LogP contribution in [0.1, 0.15) is 0 Å². The van der Waals surface area contributed by atoms with Crippen molar-refractivity contribution in [3.63, 3.8) is 0 Å². The molecule has 0 unspecified atom stereocenters. The van der Waals surface area contributed by atoms with Gasteiger partial charge in [0.2, 0.25) is 0 Å². The zero-order chi connectivity index (χ0) is 16.6. The van der Waals surface area contributed by atoms with E-state index in [0.29, 0.717) is 0 Å². The molecule has 5 rings (SSSR count). The Morgan fingerprint density at radius 1 is 0.880 bits per heavy atom. The lowest BCUT2D eigenvalue weighted by Gasteiger charge is -1.95. The highest BCUT2D eigenvalue weighted by Crippen LogP contribution is 2.39. The molecule has 2 aromatic carbocycles. The summed E-state index contributed by atoms with van der Waals surface area (Å²) >= 11 is 1.59. The number of thiazole rings is 1. The van der Waals surface area contributed by atoms with E-state index in [1.807, 2.05) is 47.8 Å². The fourth-order valence-corrected chi connectivity index (χ4v) is 3.68. The highest BCUT2D eigenvalue weighted by molar-refractivity contribution is 7.13. The van der Waals surface area contributed by atoms with Crippen molar-refractivity contribution >= 4 is 44.8 Å². The smallest absolute Gasteiger partial charge is 0.164 e. The van der Waals surface area contributed by atoms with Crippen molar-refractivity contribution in [3.8, 4) is 10.6 Å². The molecular formula is C19H13N5S. The SMILES string of the molecule is c1ccc2[nH]c(N=Nc3[nH]c4ccccc4c3-c3nccs3)cc2c1. The number of hydrogen-bond donors (Lipinski definition) is 2. The Bertz CT molecular complexity index is 1160. The molecule has 0 fully saturated rings. The van der Waals surface area contributed by atoms with Gasteiger partial charge >= 0.3 is 0 Å². The summed E-state index contributed by atoms with van der Waals surface area (Å²) in [5, 5.41) is 14.0. The topological polar surface area (TPSA) is 69.2 Å². The monoisotopic (exact) mass is 343 g/mol. The summed E-state index contributed by atoms with van der Waals surface area (Å²) in [6.07, 6.45) is 1.81. The minimum absolute atomic E-state index is 0.717. The van der Waals surface area contributed by atoms with Gasteiger partial charge in [-0.3, -0.25) is 0 Å². The number of para-hydroxylation sites is 2. The van der Waals surface area contributed by atoms with Crippen LogP contribution in [0.25, 0.3) is 32.4 Å². The van der Waals surface area contributed by atoms with Crippen LogP contribution in [0.3, 0.4) is 0 Å². The summed E-state index contributed by atoms with van der Waals surface area (Å²) in [6.45, 7) is 0. The number of aromatic nitrogens is 3. The van der Waals surface area contributed by atoms with Gasteiger partial charge in [0.25, 0.3) is 0 Å². The molecule has 5 aromatic rings. The van der Waals surface area contributed by atoms with Gasteiger partial charge in [0, 0.05) is 33.4 Å². The van der Waals surface area contributed by atoms with Gasteiger partial charge < -0.3 is 9.97 Å². The lowest BCUT2D eigenvalue weighted by molar-refractivity contribution is 1.16. The molecule has 0 saturated heterocycles. The van der Waals surface area contributed by atoms with Crippen LogP contribution in [0.4, 0.5) is 11.6 Å². The van der Waals surface area contributed by atoms with Crippen molar-refractivity contribution in [2.45, 2.75) is 0 Å². The molecule has 3 aromatic heterocycles. The predicted octanol–water partition coefficient (Wildman–Crippen LogP) is 6.19. The number of nitrogens with one attached hydrogen (secondary N) is 2. The number of benzene rings is 2. The maximum absolute atomic E-state index is 4.47. The number of fused-ring (bicyclic) bond motifs is 2.